The second-order valence-electron chi connectivity index (χ2n) is 2.74. The van der Waals surface area contributed by atoms with E-state index in [4.69, 9.17) is 4.74 Å². The van der Waals surface area contributed by atoms with Gasteiger partial charge in [-0.1, -0.05) is 6.58 Å². The van der Waals surface area contributed by atoms with Gasteiger partial charge in [-0.2, -0.15) is 0 Å². The van der Waals surface area contributed by atoms with E-state index in [9.17, 15) is 9.59 Å². The molecule has 0 amide bonds. The summed E-state index contributed by atoms with van der Waals surface area (Å²) in [5, 5.41) is 0. The van der Waals surface area contributed by atoms with Crippen LogP contribution in [-0.4, -0.2) is 24.5 Å². The quantitative estimate of drug-likeness (QED) is 0.475. The second-order valence-corrected chi connectivity index (χ2v) is 2.74. The van der Waals surface area contributed by atoms with Crippen LogP contribution in [0.5, 0.6) is 0 Å². The van der Waals surface area contributed by atoms with Crippen molar-refractivity contribution in [3.63, 3.8) is 0 Å². The third kappa shape index (κ3) is 2.21. The first-order valence-electron chi connectivity index (χ1n) is 3.74. The van der Waals surface area contributed by atoms with Gasteiger partial charge >= 0.3 is 12.1 Å². The molecule has 1 rings (SSSR count). The van der Waals surface area contributed by atoms with Gasteiger partial charge in [0.15, 0.2) is 6.10 Å². The molecule has 0 aliphatic carbocycles. The lowest BCUT2D eigenvalue weighted by Crippen LogP contribution is -2.26. The lowest BCUT2D eigenvalue weighted by Gasteiger charge is -2.11. The second kappa shape index (κ2) is 3.47. The van der Waals surface area contributed by atoms with E-state index in [1.54, 1.807) is 6.92 Å². The monoisotopic (exact) mass is 186 g/mol. The zero-order valence-corrected chi connectivity index (χ0v) is 7.40. The number of carbonyl (C=O) groups excluding carboxylic acids is 2. The van der Waals surface area contributed by atoms with Gasteiger partial charge in [0.1, 0.15) is 0 Å². The van der Waals surface area contributed by atoms with Crippen LogP contribution in [0.1, 0.15) is 13.8 Å². The van der Waals surface area contributed by atoms with Crippen molar-refractivity contribution < 1.29 is 23.8 Å². The topological polar surface area (TPSA) is 61.8 Å². The Balaban J connectivity index is 2.50. The maximum Gasteiger partial charge on any atom is 0.512 e. The molecule has 0 aromatic rings. The van der Waals surface area contributed by atoms with Gasteiger partial charge < -0.3 is 14.2 Å². The average molecular weight is 186 g/mol. The molecule has 0 aromatic carbocycles. The average Bonchev–Trinajstić information content (AvgIpc) is 2.30. The Bertz CT molecular complexity index is 257. The highest BCUT2D eigenvalue weighted by molar-refractivity contribution is 5.87. The standard InChI is InChI=1S/C8H10O5/c1-4(2)6(9)12-7-5(3)11-8(10)13-7/h5,7H,1H2,2-3H3. The number of cyclic esters (lactones) is 2. The van der Waals surface area contributed by atoms with Crippen molar-refractivity contribution in [1.82, 2.24) is 0 Å². The van der Waals surface area contributed by atoms with Gasteiger partial charge in [0.05, 0.1) is 0 Å². The summed E-state index contributed by atoms with van der Waals surface area (Å²) in [6.45, 7) is 6.46. The molecule has 0 bridgehead atoms. The van der Waals surface area contributed by atoms with Crippen molar-refractivity contribution in [3.05, 3.63) is 12.2 Å². The fourth-order valence-electron chi connectivity index (χ4n) is 0.752. The molecule has 1 aliphatic heterocycles. The summed E-state index contributed by atoms with van der Waals surface area (Å²) in [4.78, 5) is 21.5. The predicted octanol–water partition coefficient (Wildman–Crippen LogP) is 0.987. The summed E-state index contributed by atoms with van der Waals surface area (Å²) in [6, 6.07) is 0. The SMILES string of the molecule is C=C(C)C(=O)OC1OC(=O)OC1C. The minimum atomic E-state index is -0.961. The van der Waals surface area contributed by atoms with Crippen molar-refractivity contribution >= 4 is 12.1 Å². The molecular formula is C8H10O5. The van der Waals surface area contributed by atoms with Crippen LogP contribution < -0.4 is 0 Å². The van der Waals surface area contributed by atoms with Gasteiger partial charge in [-0.25, -0.2) is 9.59 Å². The molecule has 1 fully saturated rings. The Kier molecular flexibility index (Phi) is 2.55. The van der Waals surface area contributed by atoms with Crippen LogP contribution in [0.2, 0.25) is 0 Å². The molecule has 0 spiro atoms. The zero-order valence-electron chi connectivity index (χ0n) is 7.40. The van der Waals surface area contributed by atoms with E-state index in [0.717, 1.165) is 0 Å². The highest BCUT2D eigenvalue weighted by Crippen LogP contribution is 2.16. The van der Waals surface area contributed by atoms with Gasteiger partial charge in [-0.3, -0.25) is 0 Å². The highest BCUT2D eigenvalue weighted by Gasteiger charge is 2.36. The molecule has 0 saturated carbocycles. The summed E-state index contributed by atoms with van der Waals surface area (Å²) in [5.74, 6) is -0.602. The number of esters is 1. The molecule has 13 heavy (non-hydrogen) atoms. The largest absolute Gasteiger partial charge is 0.512 e. The van der Waals surface area contributed by atoms with E-state index in [0.29, 0.717) is 0 Å². The van der Waals surface area contributed by atoms with Gasteiger partial charge in [0.2, 0.25) is 0 Å². The van der Waals surface area contributed by atoms with Crippen LogP contribution in [0.3, 0.4) is 0 Å². The maximum atomic E-state index is 11.0. The fourth-order valence-corrected chi connectivity index (χ4v) is 0.752. The smallest absolute Gasteiger partial charge is 0.423 e. The summed E-state index contributed by atoms with van der Waals surface area (Å²) < 4.78 is 13.9. The Morgan fingerprint density at radius 3 is 2.54 bits per heavy atom. The zero-order chi connectivity index (χ0) is 10.0. The molecule has 0 aromatic heterocycles. The highest BCUT2D eigenvalue weighted by atomic mass is 16.8. The van der Waals surface area contributed by atoms with Gasteiger partial charge in [0, 0.05) is 5.57 Å². The molecule has 2 unspecified atom stereocenters. The Morgan fingerprint density at radius 2 is 2.15 bits per heavy atom. The van der Waals surface area contributed by atoms with Gasteiger partial charge in [0.25, 0.3) is 6.29 Å². The lowest BCUT2D eigenvalue weighted by atomic mass is 10.3. The van der Waals surface area contributed by atoms with E-state index >= 15 is 0 Å². The molecular weight excluding hydrogens is 176 g/mol. The summed E-state index contributed by atoms with van der Waals surface area (Å²) in [6.07, 6.45) is -2.36. The third-order valence-corrected chi connectivity index (χ3v) is 1.45. The van der Waals surface area contributed by atoms with Crippen LogP contribution in [-0.2, 0) is 19.0 Å². The molecule has 1 saturated heterocycles. The molecule has 72 valence electrons. The third-order valence-electron chi connectivity index (χ3n) is 1.45. The summed E-state index contributed by atoms with van der Waals surface area (Å²) >= 11 is 0. The summed E-state index contributed by atoms with van der Waals surface area (Å²) in [7, 11) is 0. The van der Waals surface area contributed by atoms with Gasteiger partial charge in [-0.15, -0.1) is 0 Å². The van der Waals surface area contributed by atoms with E-state index in [-0.39, 0.29) is 5.57 Å². The van der Waals surface area contributed by atoms with Gasteiger partial charge in [-0.05, 0) is 13.8 Å². The first-order chi connectivity index (χ1) is 6.00. The number of hydrogen-bond donors (Lipinski definition) is 0. The minimum Gasteiger partial charge on any atom is -0.423 e. The number of rotatable bonds is 2. The summed E-state index contributed by atoms with van der Waals surface area (Å²) in [5.41, 5.74) is 0.246. The van der Waals surface area contributed by atoms with Crippen LogP contribution in [0.15, 0.2) is 12.2 Å². The Morgan fingerprint density at radius 1 is 1.54 bits per heavy atom. The normalized spacial score (nSPS) is 26.2. The number of carbonyl (C=O) groups is 2. The van der Waals surface area contributed by atoms with Crippen molar-refractivity contribution in [3.8, 4) is 0 Å². The van der Waals surface area contributed by atoms with E-state index in [1.165, 1.54) is 6.92 Å². The van der Waals surface area contributed by atoms with Crippen molar-refractivity contribution in [2.45, 2.75) is 26.2 Å². The molecule has 0 radical (unpaired) electrons. The lowest BCUT2D eigenvalue weighted by molar-refractivity contribution is -0.162. The Labute approximate surface area is 75.3 Å². The van der Waals surface area contributed by atoms with Crippen LogP contribution in [0.25, 0.3) is 0 Å². The predicted molar refractivity (Wildman–Crippen MR) is 41.7 cm³/mol. The Hall–Kier alpha value is -1.52. The molecule has 5 nitrogen and oxygen atoms in total. The molecule has 1 heterocycles. The van der Waals surface area contributed by atoms with Crippen LogP contribution >= 0.6 is 0 Å². The fraction of sp³-hybridized carbons (Fsp3) is 0.500. The van der Waals surface area contributed by atoms with Crippen molar-refractivity contribution in [2.75, 3.05) is 0 Å². The van der Waals surface area contributed by atoms with E-state index < -0.39 is 24.5 Å². The van der Waals surface area contributed by atoms with E-state index in [1.807, 2.05) is 0 Å². The first-order valence-corrected chi connectivity index (χ1v) is 3.74. The molecule has 0 N–H and O–H groups in total. The minimum absolute atomic E-state index is 0.246. The van der Waals surface area contributed by atoms with E-state index in [2.05, 4.69) is 16.1 Å². The van der Waals surface area contributed by atoms with Crippen molar-refractivity contribution in [1.29, 1.82) is 0 Å². The molecule has 5 heteroatoms. The molecule has 2 atom stereocenters. The number of hydrogen-bond acceptors (Lipinski definition) is 5. The van der Waals surface area contributed by atoms with Crippen molar-refractivity contribution in [2.24, 2.45) is 0 Å². The van der Waals surface area contributed by atoms with Crippen LogP contribution in [0.4, 0.5) is 4.79 Å². The number of ether oxygens (including phenoxy) is 3. The van der Waals surface area contributed by atoms with Crippen LogP contribution in [0, 0.1) is 0 Å². The maximum absolute atomic E-state index is 11.0. The first kappa shape index (κ1) is 9.57. The molecule has 1 aliphatic rings.